The van der Waals surface area contributed by atoms with E-state index in [0.717, 1.165) is 24.5 Å². The summed E-state index contributed by atoms with van der Waals surface area (Å²) in [7, 11) is 0. The highest BCUT2D eigenvalue weighted by atomic mass is 35.5. The van der Waals surface area contributed by atoms with E-state index in [1.807, 2.05) is 0 Å². The second-order valence-electron chi connectivity index (χ2n) is 6.38. The van der Waals surface area contributed by atoms with Gasteiger partial charge in [0.25, 0.3) is 11.6 Å². The van der Waals surface area contributed by atoms with E-state index in [4.69, 9.17) is 11.6 Å². The zero-order chi connectivity index (χ0) is 25.0. The van der Waals surface area contributed by atoms with Gasteiger partial charge >= 0.3 is 11.9 Å². The normalized spacial score (nSPS) is 10.9. The van der Waals surface area contributed by atoms with Gasteiger partial charge in [0.05, 0.1) is 20.4 Å². The number of anilines is 3. The van der Waals surface area contributed by atoms with Crippen LogP contribution in [0.15, 0.2) is 48.8 Å². The number of alkyl halides is 3. The van der Waals surface area contributed by atoms with Gasteiger partial charge in [0.15, 0.2) is 0 Å². The first-order chi connectivity index (χ1) is 16.0. The lowest BCUT2D eigenvalue weighted by Crippen LogP contribution is -2.30. The molecule has 1 amide bonds. The second-order valence-corrected chi connectivity index (χ2v) is 6.79. The highest BCUT2D eigenvalue weighted by molar-refractivity contribution is 6.31. The highest BCUT2D eigenvalue weighted by Crippen LogP contribution is 2.38. The van der Waals surface area contributed by atoms with Crippen molar-refractivity contribution in [1.29, 1.82) is 0 Å². The molecule has 0 aliphatic heterocycles. The van der Waals surface area contributed by atoms with Crippen LogP contribution < -0.4 is 16.2 Å². The van der Waals surface area contributed by atoms with Crippen molar-refractivity contribution in [3.05, 3.63) is 85.2 Å². The summed E-state index contributed by atoms with van der Waals surface area (Å²) in [5.41, 5.74) is 1.66. The number of hydrogen-bond donors (Lipinski definition) is 3. The minimum atomic E-state index is -4.77. The highest BCUT2D eigenvalue weighted by Gasteiger charge is 2.33. The van der Waals surface area contributed by atoms with Gasteiger partial charge in [-0.15, -0.1) is 0 Å². The average Bonchev–Trinajstić information content (AvgIpc) is 2.77. The van der Waals surface area contributed by atoms with Crippen LogP contribution in [0.5, 0.6) is 0 Å². The lowest BCUT2D eigenvalue weighted by atomic mass is 10.2. The molecule has 0 bridgehead atoms. The Labute approximate surface area is 192 Å². The Hall–Kier alpha value is -4.53. The molecule has 34 heavy (non-hydrogen) atoms. The smallest absolute Gasteiger partial charge is 0.334 e. The average molecular weight is 498 g/mol. The predicted molar refractivity (Wildman–Crippen MR) is 113 cm³/mol. The second kappa shape index (κ2) is 9.53. The fourth-order valence-corrected chi connectivity index (χ4v) is 2.87. The first kappa shape index (κ1) is 24.1. The van der Waals surface area contributed by atoms with Gasteiger partial charge in [0, 0.05) is 23.4 Å². The van der Waals surface area contributed by atoms with Crippen LogP contribution in [-0.2, 0) is 6.18 Å². The number of carbonyl (C=O) groups excluding carboxylic acids is 1. The zero-order valence-corrected chi connectivity index (χ0v) is 17.2. The van der Waals surface area contributed by atoms with Crippen LogP contribution in [0.2, 0.25) is 5.02 Å². The minimum absolute atomic E-state index is 0.127. The van der Waals surface area contributed by atoms with Crippen LogP contribution in [0.4, 0.5) is 41.9 Å². The molecule has 3 aromatic rings. The molecule has 0 unspecified atom stereocenters. The molecule has 0 aliphatic carbocycles. The van der Waals surface area contributed by atoms with Gasteiger partial charge in [-0.1, -0.05) is 17.7 Å². The Morgan fingerprint density at radius 2 is 1.71 bits per heavy atom. The maximum atomic E-state index is 13.1. The summed E-state index contributed by atoms with van der Waals surface area (Å²) in [5, 5.41) is 24.3. The Bertz CT molecular complexity index is 1290. The van der Waals surface area contributed by atoms with Gasteiger partial charge < -0.3 is 5.32 Å². The fourth-order valence-electron chi connectivity index (χ4n) is 2.64. The van der Waals surface area contributed by atoms with Crippen molar-refractivity contribution in [3.8, 4) is 0 Å². The monoisotopic (exact) mass is 497 g/mol. The topological polar surface area (TPSA) is 165 Å². The summed E-state index contributed by atoms with van der Waals surface area (Å²) in [5.74, 6) is -1.87. The van der Waals surface area contributed by atoms with Crippen molar-refractivity contribution < 1.29 is 27.8 Å². The molecule has 1 heterocycles. The molecule has 3 N–H and O–H groups in total. The van der Waals surface area contributed by atoms with Crippen LogP contribution in [-0.4, -0.2) is 25.7 Å². The number of rotatable bonds is 7. The number of nitrogens with zero attached hydrogens (tertiary/aromatic N) is 4. The number of hydrazine groups is 1. The van der Waals surface area contributed by atoms with Gasteiger partial charge in [-0.2, -0.15) is 13.2 Å². The van der Waals surface area contributed by atoms with E-state index in [2.05, 4.69) is 26.1 Å². The third-order valence-electron chi connectivity index (χ3n) is 4.15. The van der Waals surface area contributed by atoms with Crippen LogP contribution in [0, 0.1) is 20.2 Å². The number of nitrogens with one attached hydrogen (secondary N) is 3. The summed E-state index contributed by atoms with van der Waals surface area (Å²) in [6.45, 7) is 0. The molecule has 0 fully saturated rings. The van der Waals surface area contributed by atoms with Crippen LogP contribution in [0.3, 0.4) is 0 Å². The summed E-state index contributed by atoms with van der Waals surface area (Å²) in [4.78, 5) is 40.4. The standard InChI is InChI=1S/C18H11ClF3N7O5/c19-13-5-4-10(7-12(13)18(20,21)22)25-15-14(29(33)34)16(24-8-23-15)26-27-17(30)9-2-1-3-11(6-9)28(31)32/h1-8H,(H,27,30)(H2,23,24,25,26). The molecule has 0 saturated carbocycles. The first-order valence-corrected chi connectivity index (χ1v) is 9.29. The Balaban J connectivity index is 1.86. The van der Waals surface area contributed by atoms with Crippen LogP contribution in [0.25, 0.3) is 0 Å². The van der Waals surface area contributed by atoms with E-state index < -0.39 is 49.8 Å². The largest absolute Gasteiger partial charge is 0.417 e. The first-order valence-electron chi connectivity index (χ1n) is 8.91. The van der Waals surface area contributed by atoms with Crippen molar-refractivity contribution in [2.75, 3.05) is 10.7 Å². The molecule has 2 aromatic carbocycles. The summed E-state index contributed by atoms with van der Waals surface area (Å²) in [6, 6.07) is 7.44. The molecule has 0 atom stereocenters. The van der Waals surface area contributed by atoms with Crippen LogP contribution >= 0.6 is 11.6 Å². The molecule has 0 saturated heterocycles. The lowest BCUT2D eigenvalue weighted by Gasteiger charge is -2.13. The molecule has 0 aliphatic rings. The van der Waals surface area contributed by atoms with E-state index in [0.29, 0.717) is 6.07 Å². The molecule has 3 rings (SSSR count). The summed E-state index contributed by atoms with van der Waals surface area (Å²) < 4.78 is 39.3. The molecule has 0 spiro atoms. The quantitative estimate of drug-likeness (QED) is 0.315. The van der Waals surface area contributed by atoms with Gasteiger partial charge in [-0.05, 0) is 24.3 Å². The number of aromatic nitrogens is 2. The van der Waals surface area contributed by atoms with E-state index in [1.54, 1.807) is 0 Å². The molecular formula is C18H11ClF3N7O5. The number of nitro groups is 2. The van der Waals surface area contributed by atoms with Gasteiger partial charge in [-0.3, -0.25) is 35.9 Å². The Morgan fingerprint density at radius 1 is 1.00 bits per heavy atom. The number of halogens is 4. The number of nitro benzene ring substituents is 1. The third-order valence-corrected chi connectivity index (χ3v) is 4.48. The Kier molecular flexibility index (Phi) is 6.76. The number of hydrogen-bond acceptors (Lipinski definition) is 9. The number of amides is 1. The van der Waals surface area contributed by atoms with Gasteiger partial charge in [0.1, 0.15) is 6.33 Å². The number of carbonyl (C=O) groups is 1. The molecule has 176 valence electrons. The molecule has 0 radical (unpaired) electrons. The van der Waals surface area contributed by atoms with Crippen molar-refractivity contribution in [3.63, 3.8) is 0 Å². The van der Waals surface area contributed by atoms with E-state index in [9.17, 15) is 38.2 Å². The zero-order valence-electron chi connectivity index (χ0n) is 16.5. The maximum absolute atomic E-state index is 13.1. The predicted octanol–water partition coefficient (Wildman–Crippen LogP) is 4.47. The SMILES string of the molecule is O=C(NNc1ncnc(Nc2ccc(Cl)c(C(F)(F)F)c2)c1[N+](=O)[O-])c1cccc([N+](=O)[O-])c1. The number of non-ortho nitro benzene ring substituents is 1. The van der Waals surface area contributed by atoms with E-state index >= 15 is 0 Å². The van der Waals surface area contributed by atoms with E-state index in [-0.39, 0.29) is 16.9 Å². The molecule has 12 nitrogen and oxygen atoms in total. The lowest BCUT2D eigenvalue weighted by molar-refractivity contribution is -0.384. The van der Waals surface area contributed by atoms with Crippen molar-refractivity contribution >= 4 is 46.2 Å². The number of benzene rings is 2. The minimum Gasteiger partial charge on any atom is -0.334 e. The van der Waals surface area contributed by atoms with Crippen molar-refractivity contribution in [2.24, 2.45) is 0 Å². The van der Waals surface area contributed by atoms with Crippen molar-refractivity contribution in [2.45, 2.75) is 6.18 Å². The Morgan fingerprint density at radius 3 is 2.35 bits per heavy atom. The molecule has 1 aromatic heterocycles. The molecule has 16 heteroatoms. The molecular weight excluding hydrogens is 487 g/mol. The van der Waals surface area contributed by atoms with Gasteiger partial charge in [-0.25, -0.2) is 9.97 Å². The van der Waals surface area contributed by atoms with E-state index in [1.165, 1.54) is 18.2 Å². The third kappa shape index (κ3) is 5.44. The summed E-state index contributed by atoms with van der Waals surface area (Å²) >= 11 is 5.57. The maximum Gasteiger partial charge on any atom is 0.417 e. The van der Waals surface area contributed by atoms with Crippen LogP contribution in [0.1, 0.15) is 15.9 Å². The van der Waals surface area contributed by atoms with Crippen molar-refractivity contribution in [1.82, 2.24) is 15.4 Å². The fraction of sp³-hybridized carbons (Fsp3) is 0.0556. The summed E-state index contributed by atoms with van der Waals surface area (Å²) in [6.07, 6.45) is -3.91. The van der Waals surface area contributed by atoms with Gasteiger partial charge in [0.2, 0.25) is 11.6 Å².